The lowest BCUT2D eigenvalue weighted by atomic mass is 10.2. The number of benzene rings is 2. The van der Waals surface area contributed by atoms with Gasteiger partial charge in [-0.2, -0.15) is 0 Å². The third-order valence-corrected chi connectivity index (χ3v) is 5.95. The molecule has 0 fully saturated rings. The van der Waals surface area contributed by atoms with Crippen LogP contribution in [0.1, 0.15) is 5.56 Å². The summed E-state index contributed by atoms with van der Waals surface area (Å²) < 4.78 is 7.58. The minimum atomic E-state index is -0.107. The van der Waals surface area contributed by atoms with Gasteiger partial charge in [-0.25, -0.2) is 0 Å². The number of nitrogens with zero attached hydrogens (tertiary/aromatic N) is 4. The molecule has 2 aromatic heterocycles. The summed E-state index contributed by atoms with van der Waals surface area (Å²) in [5, 5.41) is 12.9. The first kappa shape index (κ1) is 22.8. The highest BCUT2D eigenvalue weighted by Gasteiger charge is 2.18. The van der Waals surface area contributed by atoms with E-state index in [4.69, 9.17) is 16.3 Å². The van der Waals surface area contributed by atoms with Crippen LogP contribution in [0.5, 0.6) is 5.75 Å². The number of nitrogens with one attached hydrogen (secondary N) is 1. The van der Waals surface area contributed by atoms with Gasteiger partial charge in [0.1, 0.15) is 12.4 Å². The number of para-hydroxylation sites is 1. The lowest BCUT2D eigenvalue weighted by molar-refractivity contribution is -0.118. The van der Waals surface area contributed by atoms with Crippen molar-refractivity contribution >= 4 is 29.3 Å². The van der Waals surface area contributed by atoms with E-state index in [9.17, 15) is 4.79 Å². The fourth-order valence-corrected chi connectivity index (χ4v) is 4.05. The monoisotopic (exact) mass is 479 g/mol. The van der Waals surface area contributed by atoms with Crippen LogP contribution >= 0.6 is 23.4 Å². The number of hydrogen-bond acceptors (Lipinski definition) is 6. The van der Waals surface area contributed by atoms with Gasteiger partial charge in [-0.05, 0) is 55.0 Å². The molecule has 0 atom stereocenters. The molecule has 33 heavy (non-hydrogen) atoms. The van der Waals surface area contributed by atoms with Crippen LogP contribution in [0.15, 0.2) is 78.2 Å². The van der Waals surface area contributed by atoms with Crippen LogP contribution in [0.25, 0.3) is 17.1 Å². The third kappa shape index (κ3) is 5.91. The van der Waals surface area contributed by atoms with Crippen LogP contribution < -0.4 is 10.1 Å². The Bertz CT molecular complexity index is 1220. The van der Waals surface area contributed by atoms with Crippen molar-refractivity contribution in [2.24, 2.45) is 0 Å². The third-order valence-electron chi connectivity index (χ3n) is 4.77. The van der Waals surface area contributed by atoms with E-state index < -0.39 is 0 Å². The minimum absolute atomic E-state index is 0.107. The Balaban J connectivity index is 1.40. The molecule has 0 saturated heterocycles. The van der Waals surface area contributed by atoms with Gasteiger partial charge in [-0.1, -0.05) is 41.6 Å². The zero-order chi connectivity index (χ0) is 23.0. The SMILES string of the molecule is Cc1ccccc1-n1c(SCC(=O)NCCOc2ccc(Cl)cc2)nnc1-c1ccncc1. The summed E-state index contributed by atoms with van der Waals surface area (Å²) in [5.41, 5.74) is 2.95. The minimum Gasteiger partial charge on any atom is -0.492 e. The maximum Gasteiger partial charge on any atom is 0.230 e. The maximum atomic E-state index is 12.4. The molecule has 0 aliphatic rings. The predicted molar refractivity (Wildman–Crippen MR) is 130 cm³/mol. The molecule has 4 rings (SSSR count). The molecule has 0 bridgehead atoms. The van der Waals surface area contributed by atoms with Gasteiger partial charge in [0, 0.05) is 23.0 Å². The van der Waals surface area contributed by atoms with Gasteiger partial charge in [-0.15, -0.1) is 10.2 Å². The molecule has 2 aromatic carbocycles. The average molecular weight is 480 g/mol. The van der Waals surface area contributed by atoms with Crippen molar-refractivity contribution in [2.75, 3.05) is 18.9 Å². The Morgan fingerprint density at radius 1 is 1.06 bits per heavy atom. The lowest BCUT2D eigenvalue weighted by Gasteiger charge is -2.13. The predicted octanol–water partition coefficient (Wildman–Crippen LogP) is 4.58. The largest absolute Gasteiger partial charge is 0.492 e. The van der Waals surface area contributed by atoms with Gasteiger partial charge in [0.15, 0.2) is 11.0 Å². The number of carbonyl (C=O) groups excluding carboxylic acids is 1. The van der Waals surface area contributed by atoms with E-state index in [2.05, 4.69) is 20.5 Å². The van der Waals surface area contributed by atoms with Crippen LogP contribution in [0, 0.1) is 6.92 Å². The number of rotatable bonds is 9. The van der Waals surface area contributed by atoms with Crippen molar-refractivity contribution in [3.63, 3.8) is 0 Å². The first-order valence-electron chi connectivity index (χ1n) is 10.3. The van der Waals surface area contributed by atoms with E-state index >= 15 is 0 Å². The van der Waals surface area contributed by atoms with E-state index in [1.165, 1.54) is 11.8 Å². The molecule has 168 valence electrons. The summed E-state index contributed by atoms with van der Waals surface area (Å²) in [6.45, 7) is 2.80. The highest BCUT2D eigenvalue weighted by Crippen LogP contribution is 2.29. The Hall–Kier alpha value is -3.36. The Labute approximate surface area is 201 Å². The van der Waals surface area contributed by atoms with Crippen LogP contribution in [-0.2, 0) is 4.79 Å². The summed E-state index contributed by atoms with van der Waals surface area (Å²) in [6, 6.07) is 18.9. The maximum absolute atomic E-state index is 12.4. The molecule has 0 unspecified atom stereocenters. The van der Waals surface area contributed by atoms with Gasteiger partial charge >= 0.3 is 0 Å². The Morgan fingerprint density at radius 2 is 1.82 bits per heavy atom. The number of aryl methyl sites for hydroxylation is 1. The zero-order valence-corrected chi connectivity index (χ0v) is 19.5. The lowest BCUT2D eigenvalue weighted by Crippen LogP contribution is -2.29. The van der Waals surface area contributed by atoms with Crippen LogP contribution in [-0.4, -0.2) is 44.6 Å². The molecule has 2 heterocycles. The normalized spacial score (nSPS) is 10.7. The van der Waals surface area contributed by atoms with E-state index in [1.807, 2.05) is 47.9 Å². The molecule has 0 aliphatic carbocycles. The zero-order valence-electron chi connectivity index (χ0n) is 17.9. The molecule has 9 heteroatoms. The average Bonchev–Trinajstić information content (AvgIpc) is 3.26. The first-order valence-corrected chi connectivity index (χ1v) is 11.7. The van der Waals surface area contributed by atoms with E-state index in [0.29, 0.717) is 34.9 Å². The topological polar surface area (TPSA) is 81.9 Å². The number of pyridine rings is 1. The van der Waals surface area contributed by atoms with E-state index in [1.54, 1.807) is 36.7 Å². The highest BCUT2D eigenvalue weighted by atomic mass is 35.5. The van der Waals surface area contributed by atoms with Crippen LogP contribution in [0.3, 0.4) is 0 Å². The number of ether oxygens (including phenoxy) is 1. The number of aromatic nitrogens is 4. The number of thioether (sulfide) groups is 1. The summed E-state index contributed by atoms with van der Waals surface area (Å²) in [5.74, 6) is 1.51. The molecule has 4 aromatic rings. The number of amides is 1. The first-order chi connectivity index (χ1) is 16.1. The van der Waals surface area contributed by atoms with Gasteiger partial charge in [0.05, 0.1) is 18.0 Å². The van der Waals surface area contributed by atoms with Crippen LogP contribution in [0.4, 0.5) is 0 Å². The second kappa shape index (κ2) is 11.0. The quantitative estimate of drug-likeness (QED) is 0.279. The Kier molecular flexibility index (Phi) is 7.59. The molecule has 7 nitrogen and oxygen atoms in total. The van der Waals surface area contributed by atoms with Crippen molar-refractivity contribution in [3.8, 4) is 22.8 Å². The molecule has 0 spiro atoms. The number of carbonyl (C=O) groups is 1. The summed E-state index contributed by atoms with van der Waals surface area (Å²) in [7, 11) is 0. The van der Waals surface area contributed by atoms with E-state index in [-0.39, 0.29) is 11.7 Å². The fourth-order valence-electron chi connectivity index (χ4n) is 3.15. The molecule has 1 amide bonds. The standard InChI is InChI=1S/C24H22ClN5O2S/c1-17-4-2-3-5-21(17)30-23(18-10-12-26-13-11-18)28-29-24(30)33-16-22(31)27-14-15-32-20-8-6-19(25)7-9-20/h2-13H,14-16H2,1H3,(H,27,31). The smallest absolute Gasteiger partial charge is 0.230 e. The summed E-state index contributed by atoms with van der Waals surface area (Å²) in [4.78, 5) is 16.5. The van der Waals surface area contributed by atoms with Gasteiger partial charge in [0.2, 0.25) is 5.91 Å². The molecular formula is C24H22ClN5O2S. The molecule has 1 N–H and O–H groups in total. The van der Waals surface area contributed by atoms with Crippen molar-refractivity contribution < 1.29 is 9.53 Å². The van der Waals surface area contributed by atoms with Gasteiger partial charge < -0.3 is 10.1 Å². The van der Waals surface area contributed by atoms with E-state index in [0.717, 1.165) is 16.8 Å². The summed E-state index contributed by atoms with van der Waals surface area (Å²) >= 11 is 7.20. The molecular weight excluding hydrogens is 458 g/mol. The Morgan fingerprint density at radius 3 is 2.58 bits per heavy atom. The van der Waals surface area contributed by atoms with Crippen molar-refractivity contribution in [3.05, 3.63) is 83.6 Å². The van der Waals surface area contributed by atoms with Crippen molar-refractivity contribution in [1.82, 2.24) is 25.1 Å². The highest BCUT2D eigenvalue weighted by molar-refractivity contribution is 7.99. The summed E-state index contributed by atoms with van der Waals surface area (Å²) in [6.07, 6.45) is 3.44. The second-order valence-corrected chi connectivity index (χ2v) is 8.48. The van der Waals surface area contributed by atoms with Crippen molar-refractivity contribution in [2.45, 2.75) is 12.1 Å². The molecule has 0 saturated carbocycles. The molecule has 0 aliphatic heterocycles. The van der Waals surface area contributed by atoms with Gasteiger partial charge in [0.25, 0.3) is 0 Å². The number of hydrogen-bond donors (Lipinski definition) is 1. The van der Waals surface area contributed by atoms with Crippen LogP contribution in [0.2, 0.25) is 5.02 Å². The van der Waals surface area contributed by atoms with Crippen molar-refractivity contribution in [1.29, 1.82) is 0 Å². The fraction of sp³-hybridized carbons (Fsp3) is 0.167. The second-order valence-electron chi connectivity index (χ2n) is 7.10. The van der Waals surface area contributed by atoms with Gasteiger partial charge in [-0.3, -0.25) is 14.3 Å². The number of halogens is 1. The molecule has 0 radical (unpaired) electrons.